The summed E-state index contributed by atoms with van der Waals surface area (Å²) < 4.78 is 10.4. The first-order valence-corrected chi connectivity index (χ1v) is 8.06. The van der Waals surface area contributed by atoms with Crippen molar-refractivity contribution in [2.75, 3.05) is 19.5 Å². The molecule has 1 fully saturated rings. The fraction of sp³-hybridized carbons (Fsp3) is 0.278. The summed E-state index contributed by atoms with van der Waals surface area (Å²) in [5, 5.41) is 3.59. The molecule has 0 aromatic heterocycles. The Bertz CT molecular complexity index is 764. The molecule has 0 spiro atoms. The number of hydrogen-bond acceptors (Lipinski definition) is 3. The highest BCUT2D eigenvalue weighted by molar-refractivity contribution is 6.32. The van der Waals surface area contributed by atoms with Gasteiger partial charge in [-0.1, -0.05) is 23.7 Å². The van der Waals surface area contributed by atoms with Crippen molar-refractivity contribution < 1.29 is 9.47 Å². The molecule has 3 rings (SSSR count). The number of methoxy groups -OCH3 is 2. The predicted octanol–water partition coefficient (Wildman–Crippen LogP) is 3.64. The molecule has 3 N–H and O–H groups in total. The molecule has 2 atom stereocenters. The first-order chi connectivity index (χ1) is 11.6. The SMILES string of the molecule is COc1cccc([C@@H]2C[C@H]2N=C(N)Nc2ccc(OC)c(Cl)c2)c1. The normalized spacial score (nSPS) is 19.7. The molecule has 0 radical (unpaired) electrons. The molecule has 0 aliphatic heterocycles. The van der Waals surface area contributed by atoms with Gasteiger partial charge in [0.1, 0.15) is 11.5 Å². The molecule has 1 saturated carbocycles. The van der Waals surface area contributed by atoms with Crippen LogP contribution in [0.25, 0.3) is 0 Å². The van der Waals surface area contributed by atoms with Crippen LogP contribution in [-0.4, -0.2) is 26.2 Å². The first kappa shape index (κ1) is 16.5. The smallest absolute Gasteiger partial charge is 0.193 e. The van der Waals surface area contributed by atoms with Crippen molar-refractivity contribution in [2.45, 2.75) is 18.4 Å². The zero-order valence-electron chi connectivity index (χ0n) is 13.6. The molecule has 0 amide bonds. The summed E-state index contributed by atoms with van der Waals surface area (Å²) in [5.41, 5.74) is 8.01. The van der Waals surface area contributed by atoms with Gasteiger partial charge in [0.2, 0.25) is 0 Å². The molecule has 6 heteroatoms. The van der Waals surface area contributed by atoms with Crippen LogP contribution in [0.5, 0.6) is 11.5 Å². The molecule has 0 bridgehead atoms. The Hall–Kier alpha value is -2.40. The molecule has 0 unspecified atom stereocenters. The molecule has 126 valence electrons. The highest BCUT2D eigenvalue weighted by Gasteiger charge is 2.38. The number of benzene rings is 2. The molecule has 2 aromatic rings. The highest BCUT2D eigenvalue weighted by atomic mass is 35.5. The maximum atomic E-state index is 6.11. The van der Waals surface area contributed by atoms with Crippen LogP contribution in [0.3, 0.4) is 0 Å². The van der Waals surface area contributed by atoms with E-state index in [2.05, 4.69) is 16.4 Å². The summed E-state index contributed by atoms with van der Waals surface area (Å²) >= 11 is 6.11. The fourth-order valence-corrected chi connectivity index (χ4v) is 2.92. The van der Waals surface area contributed by atoms with Crippen LogP contribution in [0.4, 0.5) is 5.69 Å². The highest BCUT2D eigenvalue weighted by Crippen LogP contribution is 2.44. The largest absolute Gasteiger partial charge is 0.497 e. The van der Waals surface area contributed by atoms with Crippen molar-refractivity contribution >= 4 is 23.2 Å². The topological polar surface area (TPSA) is 68.9 Å². The van der Waals surface area contributed by atoms with Crippen LogP contribution in [0, 0.1) is 0 Å². The van der Waals surface area contributed by atoms with E-state index in [9.17, 15) is 0 Å². The van der Waals surface area contributed by atoms with Crippen molar-refractivity contribution in [2.24, 2.45) is 10.7 Å². The van der Waals surface area contributed by atoms with Crippen LogP contribution >= 0.6 is 11.6 Å². The third-order valence-corrected chi connectivity index (χ3v) is 4.30. The first-order valence-electron chi connectivity index (χ1n) is 7.68. The quantitative estimate of drug-likeness (QED) is 0.641. The van der Waals surface area contributed by atoms with E-state index in [1.165, 1.54) is 5.56 Å². The number of halogens is 1. The Labute approximate surface area is 146 Å². The number of aliphatic imine (C=N–C) groups is 1. The molecule has 5 nitrogen and oxygen atoms in total. The lowest BCUT2D eigenvalue weighted by Gasteiger charge is -2.08. The van der Waals surface area contributed by atoms with Gasteiger partial charge in [0, 0.05) is 11.6 Å². The molecular formula is C18H20ClN3O2. The van der Waals surface area contributed by atoms with Gasteiger partial charge in [-0.2, -0.15) is 0 Å². The van der Waals surface area contributed by atoms with Crippen LogP contribution in [0.1, 0.15) is 17.9 Å². The van der Waals surface area contributed by atoms with Gasteiger partial charge in [0.15, 0.2) is 5.96 Å². The molecule has 24 heavy (non-hydrogen) atoms. The molecule has 0 heterocycles. The van der Waals surface area contributed by atoms with Crippen molar-refractivity contribution in [1.29, 1.82) is 0 Å². The standard InChI is InChI=1S/C18H20ClN3O2/c1-23-13-5-3-4-11(8-13)14-10-16(14)22-18(20)21-12-6-7-17(24-2)15(19)9-12/h3-9,14,16H,10H2,1-2H3,(H3,20,21,22)/t14-,16+/m0/s1. The second kappa shape index (κ2) is 7.01. The van der Waals surface area contributed by atoms with Gasteiger partial charge in [-0.3, -0.25) is 0 Å². The lowest BCUT2D eigenvalue weighted by atomic mass is 10.1. The molecule has 1 aliphatic carbocycles. The van der Waals surface area contributed by atoms with Crippen LogP contribution < -0.4 is 20.5 Å². The molecular weight excluding hydrogens is 326 g/mol. The average molecular weight is 346 g/mol. The van der Waals surface area contributed by atoms with E-state index in [1.54, 1.807) is 26.4 Å². The van der Waals surface area contributed by atoms with Gasteiger partial charge in [-0.05, 0) is 42.3 Å². The number of nitrogens with zero attached hydrogens (tertiary/aromatic N) is 1. The number of nitrogens with one attached hydrogen (secondary N) is 1. The molecule has 2 aromatic carbocycles. The minimum atomic E-state index is 0.193. The van der Waals surface area contributed by atoms with E-state index >= 15 is 0 Å². The number of guanidine groups is 1. The summed E-state index contributed by atoms with van der Waals surface area (Å²) in [6.45, 7) is 0. The van der Waals surface area contributed by atoms with Crippen LogP contribution in [0.15, 0.2) is 47.5 Å². The number of anilines is 1. The van der Waals surface area contributed by atoms with Gasteiger partial charge < -0.3 is 20.5 Å². The number of ether oxygens (including phenoxy) is 2. The van der Waals surface area contributed by atoms with Crippen molar-refractivity contribution in [1.82, 2.24) is 0 Å². The number of rotatable bonds is 5. The summed E-state index contributed by atoms with van der Waals surface area (Å²) in [5.74, 6) is 2.26. The van der Waals surface area contributed by atoms with Crippen LogP contribution in [0.2, 0.25) is 5.02 Å². The van der Waals surface area contributed by atoms with Crippen molar-refractivity contribution in [3.8, 4) is 11.5 Å². The maximum absolute atomic E-state index is 6.11. The monoisotopic (exact) mass is 345 g/mol. The maximum Gasteiger partial charge on any atom is 0.193 e. The predicted molar refractivity (Wildman–Crippen MR) is 97.4 cm³/mol. The van der Waals surface area contributed by atoms with Gasteiger partial charge in [0.25, 0.3) is 0 Å². The summed E-state index contributed by atoms with van der Waals surface area (Å²) in [6.07, 6.45) is 0.985. The van der Waals surface area contributed by atoms with E-state index in [0.29, 0.717) is 22.6 Å². The Morgan fingerprint density at radius 1 is 1.21 bits per heavy atom. The lowest BCUT2D eigenvalue weighted by molar-refractivity contribution is 0.414. The van der Waals surface area contributed by atoms with Crippen LogP contribution in [-0.2, 0) is 0 Å². The van der Waals surface area contributed by atoms with E-state index in [-0.39, 0.29) is 6.04 Å². The minimum Gasteiger partial charge on any atom is -0.497 e. The van der Waals surface area contributed by atoms with Gasteiger partial charge in [-0.25, -0.2) is 4.99 Å². The Kier molecular flexibility index (Phi) is 4.81. The summed E-state index contributed by atoms with van der Waals surface area (Å²) in [7, 11) is 3.25. The van der Waals surface area contributed by atoms with Gasteiger partial charge in [-0.15, -0.1) is 0 Å². The Morgan fingerprint density at radius 3 is 2.75 bits per heavy atom. The minimum absolute atomic E-state index is 0.193. The van der Waals surface area contributed by atoms with Gasteiger partial charge >= 0.3 is 0 Å². The Morgan fingerprint density at radius 2 is 2.04 bits per heavy atom. The number of nitrogens with two attached hydrogens (primary N) is 1. The summed E-state index contributed by atoms with van der Waals surface area (Å²) in [6, 6.07) is 13.7. The molecule has 1 aliphatic rings. The van der Waals surface area contributed by atoms with E-state index < -0.39 is 0 Å². The zero-order valence-corrected chi connectivity index (χ0v) is 14.4. The van der Waals surface area contributed by atoms with E-state index in [1.807, 2.05) is 24.3 Å². The van der Waals surface area contributed by atoms with Crippen molar-refractivity contribution in [3.63, 3.8) is 0 Å². The molecule has 0 saturated heterocycles. The van der Waals surface area contributed by atoms with E-state index in [4.69, 9.17) is 26.8 Å². The third-order valence-electron chi connectivity index (χ3n) is 4.01. The fourth-order valence-electron chi connectivity index (χ4n) is 2.66. The average Bonchev–Trinajstić information content (AvgIpc) is 3.34. The second-order valence-corrected chi connectivity index (χ2v) is 6.08. The Balaban J connectivity index is 1.64. The van der Waals surface area contributed by atoms with Gasteiger partial charge in [0.05, 0.1) is 25.3 Å². The zero-order chi connectivity index (χ0) is 17.1. The number of hydrogen-bond donors (Lipinski definition) is 2. The van der Waals surface area contributed by atoms with Crippen molar-refractivity contribution in [3.05, 3.63) is 53.1 Å². The van der Waals surface area contributed by atoms with E-state index in [0.717, 1.165) is 17.9 Å². The lowest BCUT2D eigenvalue weighted by Crippen LogP contribution is -2.23. The summed E-state index contributed by atoms with van der Waals surface area (Å²) in [4.78, 5) is 4.54. The second-order valence-electron chi connectivity index (χ2n) is 5.67. The third kappa shape index (κ3) is 3.74.